The molecule has 1 aliphatic rings. The first kappa shape index (κ1) is 18.8. The van der Waals surface area contributed by atoms with Gasteiger partial charge in [-0.1, -0.05) is 24.3 Å². The monoisotopic (exact) mass is 383 g/mol. The molecule has 2 N–H and O–H groups in total. The molecule has 2 aromatic carbocycles. The maximum atomic E-state index is 14.4. The van der Waals surface area contributed by atoms with Crippen LogP contribution in [0.15, 0.2) is 41.5 Å². The van der Waals surface area contributed by atoms with Crippen molar-refractivity contribution in [1.82, 2.24) is 5.01 Å². The molecule has 0 aliphatic carbocycles. The summed E-state index contributed by atoms with van der Waals surface area (Å²) in [6.07, 6.45) is -3.11. The van der Waals surface area contributed by atoms with Gasteiger partial charge < -0.3 is 5.73 Å². The first-order valence-electron chi connectivity index (χ1n) is 7.81. The molecule has 1 amide bonds. The fraction of sp³-hybridized carbons (Fsp3) is 0.222. The number of benzene rings is 2. The lowest BCUT2D eigenvalue weighted by Crippen LogP contribution is -2.52. The van der Waals surface area contributed by atoms with Crippen molar-refractivity contribution in [1.29, 1.82) is 0 Å². The molecule has 4 nitrogen and oxygen atoms in total. The molecular formula is C18H14F5N3O. The van der Waals surface area contributed by atoms with Gasteiger partial charge >= 0.3 is 0 Å². The second-order valence-electron chi connectivity index (χ2n) is 6.14. The molecule has 1 aliphatic heterocycles. The molecule has 1 heterocycles. The van der Waals surface area contributed by atoms with Crippen molar-refractivity contribution < 1.29 is 26.7 Å². The van der Waals surface area contributed by atoms with Crippen molar-refractivity contribution in [2.75, 3.05) is 13.6 Å². The molecular weight excluding hydrogens is 369 g/mol. The SMILES string of the molecule is CN1CC(C(N)=O)(c2ccccc2-c2ccc(F)c(F)c2F)C(C(F)F)=N1. The predicted octanol–water partition coefficient (Wildman–Crippen LogP) is 3.06. The van der Waals surface area contributed by atoms with Gasteiger partial charge in [-0.2, -0.15) is 5.10 Å². The van der Waals surface area contributed by atoms with E-state index in [2.05, 4.69) is 5.10 Å². The van der Waals surface area contributed by atoms with Crippen LogP contribution in [0.3, 0.4) is 0 Å². The Morgan fingerprint density at radius 3 is 2.41 bits per heavy atom. The summed E-state index contributed by atoms with van der Waals surface area (Å²) >= 11 is 0. The number of halogens is 5. The Kier molecular flexibility index (Phi) is 4.63. The summed E-state index contributed by atoms with van der Waals surface area (Å²) in [6.45, 7) is -0.301. The van der Waals surface area contributed by atoms with Gasteiger partial charge in [-0.15, -0.1) is 0 Å². The average molecular weight is 383 g/mol. The summed E-state index contributed by atoms with van der Waals surface area (Å²) in [4.78, 5) is 12.3. The van der Waals surface area contributed by atoms with Crippen LogP contribution in [0.25, 0.3) is 11.1 Å². The fourth-order valence-corrected chi connectivity index (χ4v) is 3.34. The maximum Gasteiger partial charge on any atom is 0.279 e. The average Bonchev–Trinajstić information content (AvgIpc) is 2.99. The first-order chi connectivity index (χ1) is 12.7. The van der Waals surface area contributed by atoms with Gasteiger partial charge in [-0.05, 0) is 23.3 Å². The van der Waals surface area contributed by atoms with Gasteiger partial charge in [-0.25, -0.2) is 22.0 Å². The van der Waals surface area contributed by atoms with Gasteiger partial charge in [0.05, 0.1) is 6.54 Å². The van der Waals surface area contributed by atoms with E-state index in [1.54, 1.807) is 0 Å². The molecule has 0 radical (unpaired) electrons. The lowest BCUT2D eigenvalue weighted by Gasteiger charge is -2.29. The van der Waals surface area contributed by atoms with Crippen molar-refractivity contribution in [2.24, 2.45) is 10.8 Å². The summed E-state index contributed by atoms with van der Waals surface area (Å²) < 4.78 is 68.6. The second kappa shape index (κ2) is 6.64. The zero-order valence-electron chi connectivity index (χ0n) is 14.0. The molecule has 0 fully saturated rings. The van der Waals surface area contributed by atoms with Gasteiger partial charge in [0.25, 0.3) is 6.43 Å². The van der Waals surface area contributed by atoms with E-state index in [4.69, 9.17) is 5.73 Å². The maximum absolute atomic E-state index is 14.4. The van der Waals surface area contributed by atoms with E-state index in [9.17, 15) is 26.7 Å². The number of hydrogen-bond donors (Lipinski definition) is 1. The number of nitrogens with two attached hydrogens (primary N) is 1. The van der Waals surface area contributed by atoms with Gasteiger partial charge in [0.2, 0.25) is 5.91 Å². The van der Waals surface area contributed by atoms with E-state index < -0.39 is 40.9 Å². The normalized spacial score (nSPS) is 19.5. The summed E-state index contributed by atoms with van der Waals surface area (Å²) in [7, 11) is 1.38. The zero-order chi connectivity index (χ0) is 19.9. The number of hydrogen-bond acceptors (Lipinski definition) is 3. The summed E-state index contributed by atoms with van der Waals surface area (Å²) in [5.74, 6) is -5.71. The van der Waals surface area contributed by atoms with E-state index in [1.807, 2.05) is 0 Å². The molecule has 1 unspecified atom stereocenters. The number of hydrazone groups is 1. The van der Waals surface area contributed by atoms with E-state index >= 15 is 0 Å². The van der Waals surface area contributed by atoms with Crippen molar-refractivity contribution in [3.8, 4) is 11.1 Å². The van der Waals surface area contributed by atoms with Crippen LogP contribution < -0.4 is 5.73 Å². The topological polar surface area (TPSA) is 58.7 Å². The fourth-order valence-electron chi connectivity index (χ4n) is 3.34. The summed E-state index contributed by atoms with van der Waals surface area (Å²) in [5.41, 5.74) is 2.15. The van der Waals surface area contributed by atoms with E-state index in [0.717, 1.165) is 11.1 Å². The lowest BCUT2D eigenvalue weighted by atomic mass is 9.73. The van der Waals surface area contributed by atoms with Crippen molar-refractivity contribution in [3.63, 3.8) is 0 Å². The summed E-state index contributed by atoms with van der Waals surface area (Å²) in [6, 6.07) is 7.22. The Hall–Kier alpha value is -2.97. The third-order valence-electron chi connectivity index (χ3n) is 4.52. The first-order valence-corrected chi connectivity index (χ1v) is 7.81. The molecule has 1 atom stereocenters. The molecule has 9 heteroatoms. The number of alkyl halides is 2. The molecule has 27 heavy (non-hydrogen) atoms. The molecule has 3 rings (SSSR count). The highest BCUT2D eigenvalue weighted by Gasteiger charge is 2.53. The molecule has 0 spiro atoms. The number of nitrogens with zero attached hydrogens (tertiary/aromatic N) is 2. The molecule has 0 bridgehead atoms. The number of carbonyl (C=O) groups is 1. The largest absolute Gasteiger partial charge is 0.368 e. The Morgan fingerprint density at radius 1 is 1.11 bits per heavy atom. The van der Waals surface area contributed by atoms with E-state index in [1.165, 1.54) is 31.3 Å². The van der Waals surface area contributed by atoms with E-state index in [-0.39, 0.29) is 23.2 Å². The number of carbonyl (C=O) groups excluding carboxylic acids is 1. The van der Waals surface area contributed by atoms with Crippen LogP contribution in [0.1, 0.15) is 5.56 Å². The Bertz CT molecular complexity index is 947. The van der Waals surface area contributed by atoms with Crippen LogP contribution in [-0.2, 0) is 10.2 Å². The predicted molar refractivity (Wildman–Crippen MR) is 88.7 cm³/mol. The molecule has 2 aromatic rings. The van der Waals surface area contributed by atoms with Gasteiger partial charge in [0.1, 0.15) is 11.1 Å². The highest BCUT2D eigenvalue weighted by atomic mass is 19.3. The van der Waals surface area contributed by atoms with E-state index in [0.29, 0.717) is 6.07 Å². The minimum atomic E-state index is -3.11. The molecule has 0 aromatic heterocycles. The minimum Gasteiger partial charge on any atom is -0.368 e. The van der Waals surface area contributed by atoms with Crippen LogP contribution in [0.5, 0.6) is 0 Å². The van der Waals surface area contributed by atoms with Crippen molar-refractivity contribution >= 4 is 11.6 Å². The van der Waals surface area contributed by atoms with Crippen molar-refractivity contribution in [2.45, 2.75) is 11.8 Å². The van der Waals surface area contributed by atoms with Gasteiger partial charge in [-0.3, -0.25) is 9.80 Å². The molecule has 0 saturated heterocycles. The smallest absolute Gasteiger partial charge is 0.279 e. The number of rotatable bonds is 4. The highest BCUT2D eigenvalue weighted by molar-refractivity contribution is 6.17. The third-order valence-corrected chi connectivity index (χ3v) is 4.52. The number of amides is 1. The quantitative estimate of drug-likeness (QED) is 0.652. The molecule has 142 valence electrons. The Balaban J connectivity index is 2.32. The minimum absolute atomic E-state index is 0.0589. The van der Waals surface area contributed by atoms with Crippen molar-refractivity contribution in [3.05, 3.63) is 59.4 Å². The van der Waals surface area contributed by atoms with Crippen LogP contribution in [0, 0.1) is 17.5 Å². The second-order valence-corrected chi connectivity index (χ2v) is 6.14. The van der Waals surface area contributed by atoms with Crippen LogP contribution >= 0.6 is 0 Å². The van der Waals surface area contributed by atoms with Gasteiger partial charge in [0, 0.05) is 12.6 Å². The third kappa shape index (κ3) is 2.83. The summed E-state index contributed by atoms with van der Waals surface area (Å²) in [5, 5.41) is 4.83. The highest BCUT2D eigenvalue weighted by Crippen LogP contribution is 2.40. The number of primary amides is 1. The molecule has 0 saturated carbocycles. The van der Waals surface area contributed by atoms with Gasteiger partial charge in [0.15, 0.2) is 17.5 Å². The standard InChI is InChI=1S/C18H14F5N3O/c1-26-8-18(17(24)27,15(25-26)16(22)23)11-5-3-2-4-9(11)10-6-7-12(19)14(21)13(10)20/h2-7,16H,8H2,1H3,(H2,24,27). The zero-order valence-corrected chi connectivity index (χ0v) is 14.0. The van der Waals surface area contributed by atoms with Crippen LogP contribution in [0.4, 0.5) is 22.0 Å². The number of likely N-dealkylation sites (N-methyl/N-ethyl adjacent to an activating group) is 1. The lowest BCUT2D eigenvalue weighted by molar-refractivity contribution is -0.121. The Morgan fingerprint density at radius 2 is 1.78 bits per heavy atom. The van der Waals surface area contributed by atoms with Crippen LogP contribution in [-0.4, -0.2) is 36.6 Å². The van der Waals surface area contributed by atoms with Crippen LogP contribution in [0.2, 0.25) is 0 Å². The Labute approximate surface area is 151 Å².